The van der Waals surface area contributed by atoms with Crippen LogP contribution in [0.15, 0.2) is 18.2 Å². The van der Waals surface area contributed by atoms with Gasteiger partial charge in [0.25, 0.3) is 5.91 Å². The SMILES string of the molecule is Cc1ccc2nc(N3CCOC(C(=O)N4CCCC4)C3)sc2c1. The van der Waals surface area contributed by atoms with E-state index in [1.165, 1.54) is 10.3 Å². The summed E-state index contributed by atoms with van der Waals surface area (Å²) >= 11 is 1.70. The summed E-state index contributed by atoms with van der Waals surface area (Å²) in [5, 5.41) is 0.994. The monoisotopic (exact) mass is 331 g/mol. The van der Waals surface area contributed by atoms with Crippen molar-refractivity contribution in [3.63, 3.8) is 0 Å². The first-order valence-corrected chi connectivity index (χ1v) is 9.05. The molecular formula is C17H21N3O2S. The van der Waals surface area contributed by atoms with Gasteiger partial charge in [0, 0.05) is 19.6 Å². The molecule has 4 rings (SSSR count). The Labute approximate surface area is 139 Å². The molecule has 5 nitrogen and oxygen atoms in total. The van der Waals surface area contributed by atoms with E-state index in [4.69, 9.17) is 9.72 Å². The molecule has 2 saturated heterocycles. The number of fused-ring (bicyclic) bond motifs is 1. The zero-order valence-corrected chi connectivity index (χ0v) is 14.1. The number of rotatable bonds is 2. The standard InChI is InChI=1S/C17H21N3O2S/c1-12-4-5-13-15(10-12)23-17(18-13)20-8-9-22-14(11-20)16(21)19-6-2-3-7-19/h4-5,10,14H,2-3,6-9,11H2,1H3. The zero-order chi connectivity index (χ0) is 15.8. The second-order valence-electron chi connectivity index (χ2n) is 6.31. The number of ether oxygens (including phenoxy) is 1. The number of amides is 1. The molecule has 2 aromatic rings. The highest BCUT2D eigenvalue weighted by Gasteiger charge is 2.32. The molecule has 0 saturated carbocycles. The van der Waals surface area contributed by atoms with Gasteiger partial charge in [-0.15, -0.1) is 0 Å². The normalized spacial score (nSPS) is 22.0. The van der Waals surface area contributed by atoms with Gasteiger partial charge in [-0.25, -0.2) is 4.98 Å². The van der Waals surface area contributed by atoms with Crippen LogP contribution in [0.5, 0.6) is 0 Å². The fourth-order valence-corrected chi connectivity index (χ4v) is 4.37. The highest BCUT2D eigenvalue weighted by atomic mass is 32.1. The number of nitrogens with zero attached hydrogens (tertiary/aromatic N) is 3. The van der Waals surface area contributed by atoms with Crippen LogP contribution >= 0.6 is 11.3 Å². The third-order valence-electron chi connectivity index (χ3n) is 4.56. The van der Waals surface area contributed by atoms with Crippen LogP contribution in [0.25, 0.3) is 10.2 Å². The van der Waals surface area contributed by atoms with Crippen LogP contribution in [-0.4, -0.2) is 54.7 Å². The summed E-state index contributed by atoms with van der Waals surface area (Å²) in [6, 6.07) is 6.33. The summed E-state index contributed by atoms with van der Waals surface area (Å²) in [5.74, 6) is 0.143. The number of carbonyl (C=O) groups is 1. The Morgan fingerprint density at radius 2 is 2.13 bits per heavy atom. The number of aryl methyl sites for hydroxylation is 1. The fourth-order valence-electron chi connectivity index (χ4n) is 3.27. The van der Waals surface area contributed by atoms with E-state index in [0.717, 1.165) is 43.1 Å². The van der Waals surface area contributed by atoms with Gasteiger partial charge in [0.1, 0.15) is 0 Å². The van der Waals surface area contributed by atoms with Crippen molar-refractivity contribution in [1.29, 1.82) is 0 Å². The van der Waals surface area contributed by atoms with E-state index in [1.54, 1.807) is 11.3 Å². The van der Waals surface area contributed by atoms with E-state index >= 15 is 0 Å². The molecule has 122 valence electrons. The minimum atomic E-state index is -0.351. The van der Waals surface area contributed by atoms with Crippen LogP contribution in [0, 0.1) is 6.92 Å². The molecule has 2 fully saturated rings. The van der Waals surface area contributed by atoms with Crippen molar-refractivity contribution in [2.45, 2.75) is 25.9 Å². The number of morpholine rings is 1. The summed E-state index contributed by atoms with van der Waals surface area (Å²) in [6.45, 7) is 5.83. The molecule has 1 aromatic heterocycles. The van der Waals surface area contributed by atoms with E-state index in [9.17, 15) is 4.79 Å². The molecule has 2 aliphatic rings. The molecule has 0 aliphatic carbocycles. The number of likely N-dealkylation sites (tertiary alicyclic amines) is 1. The Kier molecular flexibility index (Phi) is 3.95. The minimum Gasteiger partial charge on any atom is -0.365 e. The maximum atomic E-state index is 12.6. The maximum Gasteiger partial charge on any atom is 0.253 e. The number of aromatic nitrogens is 1. The van der Waals surface area contributed by atoms with Crippen LogP contribution in [0.2, 0.25) is 0 Å². The Bertz CT molecular complexity index is 724. The Balaban J connectivity index is 1.52. The first kappa shape index (κ1) is 14.9. The molecule has 1 atom stereocenters. The zero-order valence-electron chi connectivity index (χ0n) is 13.3. The predicted molar refractivity (Wildman–Crippen MR) is 92.1 cm³/mol. The number of hydrogen-bond acceptors (Lipinski definition) is 5. The summed E-state index contributed by atoms with van der Waals surface area (Å²) in [6.07, 6.45) is 1.87. The smallest absolute Gasteiger partial charge is 0.253 e. The molecule has 0 spiro atoms. The van der Waals surface area contributed by atoms with E-state index in [2.05, 4.69) is 30.0 Å². The predicted octanol–water partition coefficient (Wildman–Crippen LogP) is 2.43. The molecule has 2 aliphatic heterocycles. The lowest BCUT2D eigenvalue weighted by atomic mass is 10.2. The van der Waals surface area contributed by atoms with Crippen molar-refractivity contribution in [2.24, 2.45) is 0 Å². The van der Waals surface area contributed by atoms with Gasteiger partial charge in [-0.1, -0.05) is 17.4 Å². The summed E-state index contributed by atoms with van der Waals surface area (Å²) in [4.78, 5) is 21.4. The second-order valence-corrected chi connectivity index (χ2v) is 7.31. The highest BCUT2D eigenvalue weighted by molar-refractivity contribution is 7.22. The van der Waals surface area contributed by atoms with Gasteiger partial charge >= 0.3 is 0 Å². The average molecular weight is 331 g/mol. The molecular weight excluding hydrogens is 310 g/mol. The largest absolute Gasteiger partial charge is 0.365 e. The van der Waals surface area contributed by atoms with Crippen molar-refractivity contribution in [2.75, 3.05) is 37.7 Å². The fraction of sp³-hybridized carbons (Fsp3) is 0.529. The van der Waals surface area contributed by atoms with Gasteiger partial charge in [0.15, 0.2) is 11.2 Å². The van der Waals surface area contributed by atoms with Gasteiger partial charge in [0.2, 0.25) is 0 Å². The van der Waals surface area contributed by atoms with Gasteiger partial charge < -0.3 is 14.5 Å². The topological polar surface area (TPSA) is 45.7 Å². The van der Waals surface area contributed by atoms with Crippen molar-refractivity contribution >= 4 is 32.6 Å². The van der Waals surface area contributed by atoms with Crippen molar-refractivity contribution < 1.29 is 9.53 Å². The van der Waals surface area contributed by atoms with E-state index < -0.39 is 0 Å². The lowest BCUT2D eigenvalue weighted by molar-refractivity contribution is -0.143. The molecule has 23 heavy (non-hydrogen) atoms. The number of carbonyl (C=O) groups excluding carboxylic acids is 1. The van der Waals surface area contributed by atoms with Crippen molar-refractivity contribution in [3.05, 3.63) is 23.8 Å². The molecule has 0 N–H and O–H groups in total. The summed E-state index contributed by atoms with van der Waals surface area (Å²) in [7, 11) is 0. The third-order valence-corrected chi connectivity index (χ3v) is 5.64. The number of anilines is 1. The third kappa shape index (κ3) is 2.93. The van der Waals surface area contributed by atoms with Crippen LogP contribution in [-0.2, 0) is 9.53 Å². The van der Waals surface area contributed by atoms with Crippen LogP contribution in [0.4, 0.5) is 5.13 Å². The summed E-state index contributed by atoms with van der Waals surface area (Å²) < 4.78 is 6.94. The molecule has 6 heteroatoms. The molecule has 0 radical (unpaired) electrons. The highest BCUT2D eigenvalue weighted by Crippen LogP contribution is 2.30. The molecule has 1 aromatic carbocycles. The minimum absolute atomic E-state index is 0.143. The first-order chi connectivity index (χ1) is 11.2. The van der Waals surface area contributed by atoms with Crippen LogP contribution < -0.4 is 4.90 Å². The van der Waals surface area contributed by atoms with E-state index in [1.807, 2.05) is 4.90 Å². The average Bonchev–Trinajstić information content (AvgIpc) is 3.23. The van der Waals surface area contributed by atoms with Crippen molar-refractivity contribution in [1.82, 2.24) is 9.88 Å². The Hall–Kier alpha value is -1.66. The summed E-state index contributed by atoms with van der Waals surface area (Å²) in [5.41, 5.74) is 2.28. The van der Waals surface area contributed by atoms with Gasteiger partial charge in [-0.3, -0.25) is 4.79 Å². The number of benzene rings is 1. The maximum absolute atomic E-state index is 12.6. The molecule has 0 bridgehead atoms. The lowest BCUT2D eigenvalue weighted by Gasteiger charge is -2.33. The number of hydrogen-bond donors (Lipinski definition) is 0. The lowest BCUT2D eigenvalue weighted by Crippen LogP contribution is -2.50. The first-order valence-electron chi connectivity index (χ1n) is 8.23. The van der Waals surface area contributed by atoms with Crippen LogP contribution in [0.1, 0.15) is 18.4 Å². The molecule has 3 heterocycles. The quantitative estimate of drug-likeness (QED) is 0.848. The van der Waals surface area contributed by atoms with E-state index in [0.29, 0.717) is 13.2 Å². The second kappa shape index (κ2) is 6.09. The molecule has 1 unspecified atom stereocenters. The van der Waals surface area contributed by atoms with Gasteiger partial charge in [-0.2, -0.15) is 0 Å². The molecule has 1 amide bonds. The van der Waals surface area contributed by atoms with Gasteiger partial charge in [0.05, 0.1) is 23.4 Å². The Morgan fingerprint density at radius 1 is 1.30 bits per heavy atom. The van der Waals surface area contributed by atoms with Gasteiger partial charge in [-0.05, 0) is 37.5 Å². The van der Waals surface area contributed by atoms with E-state index in [-0.39, 0.29) is 12.0 Å². The number of thiazole rings is 1. The van der Waals surface area contributed by atoms with Crippen LogP contribution in [0.3, 0.4) is 0 Å². The Morgan fingerprint density at radius 3 is 2.96 bits per heavy atom. The van der Waals surface area contributed by atoms with Crippen molar-refractivity contribution in [3.8, 4) is 0 Å².